The molecule has 0 fully saturated rings. The van der Waals surface area contributed by atoms with Gasteiger partial charge in [0.05, 0.1) is 39.5 Å². The number of anilines is 1. The molecule has 0 aliphatic carbocycles. The molecule has 5 nitrogen and oxygen atoms in total. The van der Waals surface area contributed by atoms with Crippen molar-refractivity contribution in [3.8, 4) is 22.3 Å². The molecule has 4 N–H and O–H groups in total. The zero-order valence-electron chi connectivity index (χ0n) is 26.6. The number of fused-ring (bicyclic) bond motifs is 8. The van der Waals surface area contributed by atoms with Crippen molar-refractivity contribution < 1.29 is 0 Å². The Bertz CT molecular complexity index is 2580. The number of H-pyrrole nitrogens is 2. The van der Waals surface area contributed by atoms with Crippen LogP contribution in [0.3, 0.4) is 0 Å². The molecule has 5 heteroatoms. The van der Waals surface area contributed by atoms with E-state index in [0.717, 1.165) is 89.4 Å². The van der Waals surface area contributed by atoms with Crippen molar-refractivity contribution in [3.05, 3.63) is 186 Å². The van der Waals surface area contributed by atoms with Crippen molar-refractivity contribution in [1.82, 2.24) is 19.9 Å². The van der Waals surface area contributed by atoms with Crippen molar-refractivity contribution in [2.45, 2.75) is 0 Å². The standard InChI is InChI=1S/C44H31N5/c45-42-37-27-35-24-22-33(47-35)25-32-21-23-34(46-32)26-36-38(28-13-5-1-6-14-28)39(29-15-7-2-8-16-29)43(48-36)41(31-19-11-4-12-20-31)44(49-37)40(42)30-17-9-3-10-18-30/h1-27,46,49H,45H2. The first-order valence-electron chi connectivity index (χ1n) is 16.4. The Kier molecular flexibility index (Phi) is 6.87. The Morgan fingerprint density at radius 2 is 0.959 bits per heavy atom. The van der Waals surface area contributed by atoms with Gasteiger partial charge in [0.25, 0.3) is 0 Å². The summed E-state index contributed by atoms with van der Waals surface area (Å²) in [6, 6.07) is 52.4. The maximum absolute atomic E-state index is 7.14. The molecule has 0 unspecified atom stereocenters. The van der Waals surface area contributed by atoms with Crippen LogP contribution in [0, 0.1) is 0 Å². The topological polar surface area (TPSA) is 83.4 Å². The first kappa shape index (κ1) is 28.5. The molecule has 0 saturated carbocycles. The average molecular weight is 630 g/mol. The van der Waals surface area contributed by atoms with Crippen molar-refractivity contribution in [2.75, 3.05) is 5.73 Å². The molecule has 8 bridgehead atoms. The van der Waals surface area contributed by atoms with E-state index in [1.165, 1.54) is 0 Å². The van der Waals surface area contributed by atoms with Crippen molar-refractivity contribution in [3.63, 3.8) is 0 Å². The van der Waals surface area contributed by atoms with E-state index in [1.54, 1.807) is 0 Å². The van der Waals surface area contributed by atoms with Gasteiger partial charge in [-0.25, -0.2) is 9.97 Å². The van der Waals surface area contributed by atoms with Crippen LogP contribution < -0.4 is 5.73 Å². The highest BCUT2D eigenvalue weighted by Gasteiger charge is 2.28. The summed E-state index contributed by atoms with van der Waals surface area (Å²) >= 11 is 0. The van der Waals surface area contributed by atoms with E-state index in [0.29, 0.717) is 5.69 Å². The maximum atomic E-state index is 7.14. The van der Waals surface area contributed by atoms with E-state index in [4.69, 9.17) is 15.7 Å². The van der Waals surface area contributed by atoms with Crippen LogP contribution in [0.1, 0.15) is 33.9 Å². The van der Waals surface area contributed by atoms with Gasteiger partial charge in [0, 0.05) is 33.3 Å². The Hall–Kier alpha value is -6.72. The third kappa shape index (κ3) is 5.14. The number of nitrogens with two attached hydrogens (primary N) is 1. The highest BCUT2D eigenvalue weighted by molar-refractivity contribution is 6.13. The molecule has 0 radical (unpaired) electrons. The second kappa shape index (κ2) is 11.8. The van der Waals surface area contributed by atoms with E-state index in [9.17, 15) is 0 Å². The van der Waals surface area contributed by atoms with Crippen LogP contribution in [0.2, 0.25) is 0 Å². The molecule has 9 rings (SSSR count). The molecule has 0 amide bonds. The normalized spacial score (nSPS) is 12.4. The molecule has 49 heavy (non-hydrogen) atoms. The second-order valence-corrected chi connectivity index (χ2v) is 12.2. The number of hydrogen-bond donors (Lipinski definition) is 3. The van der Waals surface area contributed by atoms with Gasteiger partial charge in [-0.1, -0.05) is 121 Å². The number of nitrogens with one attached hydrogen (secondary N) is 2. The molecule has 0 spiro atoms. The van der Waals surface area contributed by atoms with Crippen molar-refractivity contribution in [1.29, 1.82) is 0 Å². The fraction of sp³-hybridized carbons (Fsp3) is 0. The molecule has 2 aliphatic heterocycles. The van der Waals surface area contributed by atoms with Crippen LogP contribution in [-0.4, -0.2) is 19.9 Å². The third-order valence-electron chi connectivity index (χ3n) is 9.08. The molecule has 3 aromatic heterocycles. The lowest BCUT2D eigenvalue weighted by molar-refractivity contribution is 1.30. The van der Waals surface area contributed by atoms with Gasteiger partial charge in [-0.2, -0.15) is 0 Å². The molecule has 232 valence electrons. The lowest BCUT2D eigenvalue weighted by Gasteiger charge is -2.13. The summed E-state index contributed by atoms with van der Waals surface area (Å²) in [6.45, 7) is 0. The first-order valence-corrected chi connectivity index (χ1v) is 16.4. The zero-order chi connectivity index (χ0) is 32.7. The molecule has 4 aromatic carbocycles. The minimum atomic E-state index is 0.656. The van der Waals surface area contributed by atoms with Gasteiger partial charge in [0.1, 0.15) is 0 Å². The minimum absolute atomic E-state index is 0.656. The quantitative estimate of drug-likeness (QED) is 0.181. The predicted octanol–water partition coefficient (Wildman–Crippen LogP) is 10.4. The number of benzene rings is 4. The van der Waals surface area contributed by atoms with E-state index in [-0.39, 0.29) is 0 Å². The molecule has 7 aromatic rings. The Morgan fingerprint density at radius 3 is 1.57 bits per heavy atom. The van der Waals surface area contributed by atoms with Gasteiger partial charge < -0.3 is 15.7 Å². The van der Waals surface area contributed by atoms with Crippen LogP contribution in [-0.2, 0) is 0 Å². The maximum Gasteiger partial charge on any atom is 0.0822 e. The molecular formula is C44H31N5. The predicted molar refractivity (Wildman–Crippen MR) is 203 cm³/mol. The number of rotatable bonds is 4. The molecule has 0 atom stereocenters. The highest BCUT2D eigenvalue weighted by atomic mass is 14.8. The number of aromatic amines is 2. The van der Waals surface area contributed by atoms with Gasteiger partial charge in [-0.15, -0.1) is 0 Å². The lowest BCUT2D eigenvalue weighted by Crippen LogP contribution is -1.94. The van der Waals surface area contributed by atoms with Crippen LogP contribution in [0.4, 0.5) is 5.69 Å². The smallest absolute Gasteiger partial charge is 0.0822 e. The monoisotopic (exact) mass is 629 g/mol. The molecule has 2 aliphatic rings. The molecule has 0 saturated heterocycles. The minimum Gasteiger partial charge on any atom is -0.396 e. The van der Waals surface area contributed by atoms with Gasteiger partial charge in [0.15, 0.2) is 0 Å². The van der Waals surface area contributed by atoms with Crippen molar-refractivity contribution in [2.24, 2.45) is 0 Å². The van der Waals surface area contributed by atoms with Gasteiger partial charge >= 0.3 is 0 Å². The number of nitrogen functional groups attached to an aromatic ring is 1. The number of hydrogen-bond acceptors (Lipinski definition) is 3. The zero-order valence-corrected chi connectivity index (χ0v) is 26.6. The van der Waals surface area contributed by atoms with Crippen LogP contribution in [0.5, 0.6) is 0 Å². The largest absolute Gasteiger partial charge is 0.396 e. The Balaban J connectivity index is 1.55. The van der Waals surface area contributed by atoms with E-state index in [1.807, 2.05) is 30.4 Å². The fourth-order valence-corrected chi connectivity index (χ4v) is 6.90. The molecular weight excluding hydrogens is 599 g/mol. The number of nitrogens with zero attached hydrogens (tertiary/aromatic N) is 2. The summed E-state index contributed by atoms with van der Waals surface area (Å²) in [4.78, 5) is 17.9. The van der Waals surface area contributed by atoms with E-state index in [2.05, 4.69) is 143 Å². The first-order chi connectivity index (χ1) is 24.2. The highest BCUT2D eigenvalue weighted by Crippen LogP contribution is 2.46. The van der Waals surface area contributed by atoms with Crippen LogP contribution in [0.25, 0.3) is 67.6 Å². The lowest BCUT2D eigenvalue weighted by atomic mass is 9.89. The van der Waals surface area contributed by atoms with E-state index >= 15 is 0 Å². The SMILES string of the molecule is Nc1c(-c2ccccc2)c2[nH]c1cc1nc(cc3ccc(cc4nc(c2-c2ccccc2)C(c2ccccc2)=C4c2ccccc2)[nH]3)C=C1. The van der Waals surface area contributed by atoms with Crippen LogP contribution >= 0.6 is 0 Å². The van der Waals surface area contributed by atoms with Gasteiger partial charge in [-0.05, 0) is 64.7 Å². The number of aromatic nitrogens is 4. The summed E-state index contributed by atoms with van der Waals surface area (Å²) in [7, 11) is 0. The fourth-order valence-electron chi connectivity index (χ4n) is 6.90. The van der Waals surface area contributed by atoms with Gasteiger partial charge in [-0.3, -0.25) is 0 Å². The van der Waals surface area contributed by atoms with Crippen LogP contribution in [0.15, 0.2) is 152 Å². The molecule has 5 heterocycles. The summed E-state index contributed by atoms with van der Waals surface area (Å²) in [5.74, 6) is 0. The third-order valence-corrected chi connectivity index (χ3v) is 9.08. The van der Waals surface area contributed by atoms with E-state index < -0.39 is 0 Å². The van der Waals surface area contributed by atoms with Gasteiger partial charge in [0.2, 0.25) is 0 Å². The summed E-state index contributed by atoms with van der Waals surface area (Å²) < 4.78 is 0. The average Bonchev–Trinajstić information content (AvgIpc) is 3.94. The second-order valence-electron chi connectivity index (χ2n) is 12.2. The summed E-state index contributed by atoms with van der Waals surface area (Å²) in [5.41, 5.74) is 23.0. The Morgan fingerprint density at radius 1 is 0.449 bits per heavy atom. The summed E-state index contributed by atoms with van der Waals surface area (Å²) in [5, 5.41) is 0. The summed E-state index contributed by atoms with van der Waals surface area (Å²) in [6.07, 6.45) is 4.05. The Labute approximate surface area is 283 Å². The van der Waals surface area contributed by atoms with Crippen molar-refractivity contribution >= 4 is 51.1 Å².